The van der Waals surface area contributed by atoms with Gasteiger partial charge in [0.2, 0.25) is 12.3 Å². The van der Waals surface area contributed by atoms with E-state index in [9.17, 15) is 28.9 Å². The predicted molar refractivity (Wildman–Crippen MR) is 116 cm³/mol. The number of aliphatic hydroxyl groups is 3. The van der Waals surface area contributed by atoms with Crippen molar-refractivity contribution in [2.24, 2.45) is 11.8 Å². The van der Waals surface area contributed by atoms with Crippen LogP contribution in [0.5, 0.6) is 0 Å². The number of carbonyl (C=O) groups excluding carboxylic acids is 1. The first kappa shape index (κ1) is 26.3. The normalized spacial score (nSPS) is 42.2. The zero-order valence-corrected chi connectivity index (χ0v) is 19.6. The highest BCUT2D eigenvalue weighted by molar-refractivity contribution is 7.99. The molecule has 8 nitrogen and oxygen atoms in total. The van der Waals surface area contributed by atoms with Crippen molar-refractivity contribution >= 4 is 29.3 Å². The van der Waals surface area contributed by atoms with Gasteiger partial charge in [0.1, 0.15) is 35.9 Å². The zero-order valence-electron chi connectivity index (χ0n) is 18.1. The quantitative estimate of drug-likeness (QED) is 0.315. The second-order valence-electron chi connectivity index (χ2n) is 8.89. The lowest BCUT2D eigenvalue weighted by atomic mass is 9.88. The highest BCUT2D eigenvalue weighted by atomic mass is 35.5. The third kappa shape index (κ3) is 5.86. The lowest BCUT2D eigenvalue weighted by molar-refractivity contribution is -0.205. The van der Waals surface area contributed by atoms with E-state index >= 15 is 0 Å². The summed E-state index contributed by atoms with van der Waals surface area (Å²) in [5.41, 5.74) is -0.792. The van der Waals surface area contributed by atoms with Crippen LogP contribution < -0.4 is 10.6 Å². The van der Waals surface area contributed by atoms with Crippen LogP contribution in [0.4, 0.5) is 8.78 Å². The number of fused-ring (bicyclic) bond motifs is 1. The minimum Gasteiger partial charge on any atom is -0.388 e. The Labute approximate surface area is 195 Å². The molecule has 3 unspecified atom stereocenters. The molecule has 1 amide bonds. The van der Waals surface area contributed by atoms with Gasteiger partial charge in [-0.15, -0.1) is 23.4 Å². The van der Waals surface area contributed by atoms with E-state index in [-0.39, 0.29) is 18.3 Å². The number of hydrogen-bond acceptors (Lipinski definition) is 8. The summed E-state index contributed by atoms with van der Waals surface area (Å²) in [6.45, 7) is 2.42. The van der Waals surface area contributed by atoms with Gasteiger partial charge in [-0.3, -0.25) is 4.79 Å². The predicted octanol–water partition coefficient (Wildman–Crippen LogP) is 0.308. The maximum absolute atomic E-state index is 13.1. The largest absolute Gasteiger partial charge is 0.388 e. The summed E-state index contributed by atoms with van der Waals surface area (Å²) >= 11 is 7.49. The molecule has 0 bridgehead atoms. The first-order chi connectivity index (χ1) is 15.1. The van der Waals surface area contributed by atoms with Crippen LogP contribution in [0.3, 0.4) is 0 Å². The van der Waals surface area contributed by atoms with Crippen molar-refractivity contribution in [1.82, 2.24) is 10.6 Å². The summed E-state index contributed by atoms with van der Waals surface area (Å²) in [6, 6.07) is -1.55. The van der Waals surface area contributed by atoms with Crippen molar-refractivity contribution < 1.29 is 38.4 Å². The van der Waals surface area contributed by atoms with Crippen LogP contribution in [0.25, 0.3) is 0 Å². The van der Waals surface area contributed by atoms with Crippen molar-refractivity contribution in [3.05, 3.63) is 0 Å². The molecule has 0 radical (unpaired) electrons. The van der Waals surface area contributed by atoms with Gasteiger partial charge in [0.05, 0.1) is 17.5 Å². The maximum atomic E-state index is 13.1. The average molecular weight is 503 g/mol. The van der Waals surface area contributed by atoms with E-state index in [0.29, 0.717) is 26.0 Å². The highest BCUT2D eigenvalue weighted by Crippen LogP contribution is 2.34. The molecule has 0 aromatic rings. The van der Waals surface area contributed by atoms with E-state index in [0.717, 1.165) is 0 Å². The van der Waals surface area contributed by atoms with Crippen LogP contribution in [0.2, 0.25) is 0 Å². The number of hydrogen-bond donors (Lipinski definition) is 5. The Morgan fingerprint density at radius 2 is 2.00 bits per heavy atom. The Morgan fingerprint density at radius 1 is 1.28 bits per heavy atom. The number of thioether (sulfide) groups is 1. The number of carbonyl (C=O) groups is 1. The maximum Gasteiger partial charge on any atom is 0.240 e. The molecule has 3 aliphatic heterocycles. The summed E-state index contributed by atoms with van der Waals surface area (Å²) < 4.78 is 37.3. The van der Waals surface area contributed by atoms with E-state index in [1.807, 2.05) is 0 Å². The van der Waals surface area contributed by atoms with E-state index in [2.05, 4.69) is 10.6 Å². The van der Waals surface area contributed by atoms with Gasteiger partial charge in [-0.05, 0) is 37.9 Å². The van der Waals surface area contributed by atoms with Crippen LogP contribution in [0, 0.1) is 11.8 Å². The van der Waals surface area contributed by atoms with Gasteiger partial charge >= 0.3 is 0 Å². The molecule has 11 atom stereocenters. The molecular weight excluding hydrogens is 470 g/mol. The average Bonchev–Trinajstić information content (AvgIpc) is 3.02. The fourth-order valence-electron chi connectivity index (χ4n) is 4.93. The first-order valence-corrected chi connectivity index (χ1v) is 12.7. The molecule has 0 aromatic heterocycles. The lowest BCUT2D eigenvalue weighted by Gasteiger charge is -2.44. The summed E-state index contributed by atoms with van der Waals surface area (Å²) in [6.07, 6.45) is -5.42. The highest BCUT2D eigenvalue weighted by Gasteiger charge is 2.49. The van der Waals surface area contributed by atoms with Gasteiger partial charge in [-0.25, -0.2) is 8.78 Å². The summed E-state index contributed by atoms with van der Waals surface area (Å²) in [7, 11) is 0. The fourth-order valence-corrected chi connectivity index (χ4v) is 5.82. The van der Waals surface area contributed by atoms with Crippen molar-refractivity contribution in [3.8, 4) is 0 Å². The number of ether oxygens (including phenoxy) is 2. The second kappa shape index (κ2) is 11.4. The van der Waals surface area contributed by atoms with Gasteiger partial charge < -0.3 is 35.4 Å². The molecule has 3 fully saturated rings. The standard InChI is InChI=1S/C20H33ClF2N2O6S/c1-8(21)12(18-15(27)14(26)16(28)20(31-18)32-2)25-19(29)13-17-10(7-24-13)5-9(3-4-30-17)6-11(22)23/h8-18,20,24,26-28H,3-7H2,1-2H3,(H,25,29)/t8-,9+,10-,12+,13-,14?,15?,16+,17+,18+,20?/m0/s1. The molecule has 0 aliphatic carbocycles. The molecule has 3 heterocycles. The van der Waals surface area contributed by atoms with E-state index in [4.69, 9.17) is 21.1 Å². The molecule has 3 saturated heterocycles. The van der Waals surface area contributed by atoms with Gasteiger partial charge in [0, 0.05) is 19.6 Å². The Kier molecular flexibility index (Phi) is 9.41. The van der Waals surface area contributed by atoms with E-state index in [1.165, 1.54) is 11.8 Å². The van der Waals surface area contributed by atoms with Crippen LogP contribution in [0.15, 0.2) is 0 Å². The first-order valence-electron chi connectivity index (χ1n) is 10.9. The molecule has 186 valence electrons. The SMILES string of the molecule is CSC1O[C@H]([C@H](NC(=O)[C@H]2NC[C@@H]3C[C@H](CC(F)F)CCO[C@H]32)[C@H](C)Cl)C(O)C(O)[C@H]1O. The third-order valence-electron chi connectivity index (χ3n) is 6.66. The molecule has 32 heavy (non-hydrogen) atoms. The number of alkyl halides is 3. The molecule has 3 aliphatic rings. The van der Waals surface area contributed by atoms with Crippen LogP contribution >= 0.6 is 23.4 Å². The van der Waals surface area contributed by atoms with Gasteiger partial charge in [-0.2, -0.15) is 0 Å². The van der Waals surface area contributed by atoms with Crippen molar-refractivity contribution in [1.29, 1.82) is 0 Å². The molecular formula is C20H33ClF2N2O6S. The van der Waals surface area contributed by atoms with Crippen LogP contribution in [-0.4, -0.2) is 100 Å². The molecule has 0 aromatic carbocycles. The molecule has 0 spiro atoms. The minimum absolute atomic E-state index is 0.0572. The van der Waals surface area contributed by atoms with Gasteiger partial charge in [0.25, 0.3) is 0 Å². The monoisotopic (exact) mass is 502 g/mol. The molecule has 3 rings (SSSR count). The lowest BCUT2D eigenvalue weighted by Crippen LogP contribution is -2.65. The number of amides is 1. The Hall–Kier alpha value is -0.270. The number of halogens is 3. The second-order valence-corrected chi connectivity index (χ2v) is 10.5. The van der Waals surface area contributed by atoms with Crippen molar-refractivity contribution in [3.63, 3.8) is 0 Å². The van der Waals surface area contributed by atoms with Gasteiger partial charge in [-0.1, -0.05) is 0 Å². The Morgan fingerprint density at radius 3 is 2.62 bits per heavy atom. The third-order valence-corrected chi connectivity index (χ3v) is 7.78. The molecule has 0 saturated carbocycles. The van der Waals surface area contributed by atoms with Crippen molar-refractivity contribution in [2.75, 3.05) is 19.4 Å². The Bertz CT molecular complexity index is 637. The zero-order chi connectivity index (χ0) is 23.6. The van der Waals surface area contributed by atoms with E-state index in [1.54, 1.807) is 13.2 Å². The van der Waals surface area contributed by atoms with E-state index < -0.39 is 65.7 Å². The number of aliphatic hydroxyl groups excluding tert-OH is 3. The molecule has 5 N–H and O–H groups in total. The summed E-state index contributed by atoms with van der Waals surface area (Å²) in [5.74, 6) is -0.607. The van der Waals surface area contributed by atoms with Gasteiger partial charge in [0.15, 0.2) is 0 Å². The van der Waals surface area contributed by atoms with Crippen LogP contribution in [0.1, 0.15) is 26.2 Å². The fraction of sp³-hybridized carbons (Fsp3) is 0.950. The summed E-state index contributed by atoms with van der Waals surface area (Å²) in [4.78, 5) is 13.1. The summed E-state index contributed by atoms with van der Waals surface area (Å²) in [5, 5.41) is 36.1. The number of rotatable bonds is 7. The molecule has 12 heteroatoms. The topological polar surface area (TPSA) is 120 Å². The smallest absolute Gasteiger partial charge is 0.240 e. The minimum atomic E-state index is -2.36. The Balaban J connectivity index is 1.68. The van der Waals surface area contributed by atoms with Crippen molar-refractivity contribution in [2.45, 2.75) is 86.0 Å². The van der Waals surface area contributed by atoms with Crippen LogP contribution in [-0.2, 0) is 14.3 Å². The number of nitrogens with one attached hydrogen (secondary N) is 2.